The zero-order chi connectivity index (χ0) is 6.53. The van der Waals surface area contributed by atoms with Crippen LogP contribution in [-0.2, 0) is 22.7 Å². The summed E-state index contributed by atoms with van der Waals surface area (Å²) in [5.74, 6) is 0. The average Bonchev–Trinajstić information content (AvgIpc) is 1.91. The molecule has 0 saturated carbocycles. The molecule has 0 heterocycles. The Hall–Kier alpha value is 0.144. The van der Waals surface area contributed by atoms with Gasteiger partial charge in [-0.1, -0.05) is 30.3 Å². The van der Waals surface area contributed by atoms with Crippen LogP contribution in [0.4, 0.5) is 0 Å². The van der Waals surface area contributed by atoms with E-state index in [2.05, 4.69) is 37.0 Å². The van der Waals surface area contributed by atoms with Crippen molar-refractivity contribution in [3.8, 4) is 0 Å². The van der Waals surface area contributed by atoms with Crippen molar-refractivity contribution in [2.24, 2.45) is 0 Å². The number of rotatable bonds is 2. The zero-order valence-electron chi connectivity index (χ0n) is 5.91. The van der Waals surface area contributed by atoms with E-state index in [1.54, 1.807) is 0 Å². The van der Waals surface area contributed by atoms with Gasteiger partial charge in [-0.3, -0.25) is 0 Å². The molecule has 0 aromatic heterocycles. The van der Waals surface area contributed by atoms with Gasteiger partial charge in [-0.05, 0) is 18.4 Å². The fourth-order valence-electron chi connectivity index (χ4n) is 0.800. The maximum atomic E-state index is 2.23. The molecule has 1 rings (SSSR count). The van der Waals surface area contributed by atoms with Gasteiger partial charge >= 0.3 is 0 Å². The summed E-state index contributed by atoms with van der Waals surface area (Å²) < 4.78 is 0. The van der Waals surface area contributed by atoms with E-state index < -0.39 is 0 Å². The molecule has 0 aliphatic rings. The van der Waals surface area contributed by atoms with Crippen molar-refractivity contribution in [2.75, 3.05) is 6.66 Å². The molecule has 0 N–H and O–H groups in total. The van der Waals surface area contributed by atoms with E-state index in [1.165, 1.54) is 11.7 Å². The molecule has 58 valence electrons. The SMILES string of the molecule is CPCc1ccccc1.[Ni]. The molecule has 0 aliphatic carbocycles. The van der Waals surface area contributed by atoms with Crippen LogP contribution >= 0.6 is 8.58 Å². The topological polar surface area (TPSA) is 0 Å². The first-order valence-electron chi connectivity index (χ1n) is 3.12. The third-order valence-electron chi connectivity index (χ3n) is 1.22. The standard InChI is InChI=1S/C8H11P.Ni/c1-9-7-8-5-3-2-4-6-8;/h2-6,9H,7H2,1H3;. The fraction of sp³-hybridized carbons (Fsp3) is 0.250. The Balaban J connectivity index is 0.000000810. The maximum absolute atomic E-state index is 2.23. The van der Waals surface area contributed by atoms with Crippen molar-refractivity contribution in [1.82, 2.24) is 0 Å². The van der Waals surface area contributed by atoms with Crippen LogP contribution in [0, 0.1) is 0 Å². The van der Waals surface area contributed by atoms with Gasteiger partial charge in [0.25, 0.3) is 0 Å². The molecular formula is C8H11NiP. The summed E-state index contributed by atoms with van der Waals surface area (Å²) in [4.78, 5) is 0. The van der Waals surface area contributed by atoms with E-state index >= 15 is 0 Å². The van der Waals surface area contributed by atoms with Gasteiger partial charge in [-0.15, -0.1) is 8.58 Å². The van der Waals surface area contributed by atoms with E-state index in [4.69, 9.17) is 0 Å². The van der Waals surface area contributed by atoms with Gasteiger partial charge in [0.1, 0.15) is 0 Å². The van der Waals surface area contributed by atoms with Crippen molar-refractivity contribution >= 4 is 8.58 Å². The number of benzene rings is 1. The molecule has 2 heteroatoms. The van der Waals surface area contributed by atoms with Gasteiger partial charge in [-0.25, -0.2) is 0 Å². The Labute approximate surface area is 74.1 Å². The normalized spacial score (nSPS) is 9.70. The Morgan fingerprint density at radius 2 is 1.80 bits per heavy atom. The van der Waals surface area contributed by atoms with Gasteiger partial charge in [0.2, 0.25) is 0 Å². The zero-order valence-corrected chi connectivity index (χ0v) is 7.90. The number of hydrogen-bond donors (Lipinski definition) is 0. The predicted octanol–water partition coefficient (Wildman–Crippen LogP) is 2.49. The van der Waals surface area contributed by atoms with E-state index in [9.17, 15) is 0 Å². The minimum absolute atomic E-state index is 0. The monoisotopic (exact) mass is 196 g/mol. The fourth-order valence-corrected chi connectivity index (χ4v) is 1.44. The van der Waals surface area contributed by atoms with Gasteiger partial charge in [0.05, 0.1) is 0 Å². The Morgan fingerprint density at radius 3 is 2.30 bits per heavy atom. The first-order chi connectivity index (χ1) is 4.43. The molecule has 1 aromatic carbocycles. The smallest absolute Gasteiger partial charge is 0 e. The Kier molecular flexibility index (Phi) is 5.98. The van der Waals surface area contributed by atoms with Crippen LogP contribution in [0.3, 0.4) is 0 Å². The van der Waals surface area contributed by atoms with Crippen LogP contribution in [0.2, 0.25) is 0 Å². The minimum atomic E-state index is 0. The Bertz CT molecular complexity index is 162. The maximum Gasteiger partial charge on any atom is 0 e. The summed E-state index contributed by atoms with van der Waals surface area (Å²) in [6, 6.07) is 10.6. The summed E-state index contributed by atoms with van der Waals surface area (Å²) in [6.45, 7) is 2.23. The van der Waals surface area contributed by atoms with E-state index in [-0.39, 0.29) is 16.5 Å². The third-order valence-corrected chi connectivity index (χ3v) is 1.99. The molecule has 0 bridgehead atoms. The third kappa shape index (κ3) is 3.35. The van der Waals surface area contributed by atoms with E-state index in [0.29, 0.717) is 0 Å². The molecule has 0 saturated heterocycles. The van der Waals surface area contributed by atoms with E-state index in [1.807, 2.05) is 0 Å². The Morgan fingerprint density at radius 1 is 1.20 bits per heavy atom. The van der Waals surface area contributed by atoms with Crippen molar-refractivity contribution in [1.29, 1.82) is 0 Å². The average molecular weight is 197 g/mol. The van der Waals surface area contributed by atoms with Crippen LogP contribution in [-0.4, -0.2) is 6.66 Å². The first-order valence-corrected chi connectivity index (χ1v) is 4.82. The predicted molar refractivity (Wildman–Crippen MR) is 44.4 cm³/mol. The molecule has 1 atom stereocenters. The second-order valence-corrected chi connectivity index (χ2v) is 3.08. The van der Waals surface area contributed by atoms with Crippen LogP contribution < -0.4 is 0 Å². The molecule has 0 nitrogen and oxygen atoms in total. The quantitative estimate of drug-likeness (QED) is 0.504. The molecule has 1 aromatic rings. The molecule has 0 fully saturated rings. The summed E-state index contributed by atoms with van der Waals surface area (Å²) in [7, 11) is 1.04. The summed E-state index contributed by atoms with van der Waals surface area (Å²) in [5, 5.41) is 0. The van der Waals surface area contributed by atoms with Crippen molar-refractivity contribution < 1.29 is 16.5 Å². The molecule has 0 spiro atoms. The minimum Gasteiger partial charge on any atom is -0.121 e. The summed E-state index contributed by atoms with van der Waals surface area (Å²) in [5.41, 5.74) is 1.46. The first kappa shape index (κ1) is 10.1. The van der Waals surface area contributed by atoms with Crippen molar-refractivity contribution in [3.63, 3.8) is 0 Å². The molecular weight excluding hydrogens is 186 g/mol. The van der Waals surface area contributed by atoms with Crippen LogP contribution in [0.5, 0.6) is 0 Å². The van der Waals surface area contributed by atoms with Crippen molar-refractivity contribution in [3.05, 3.63) is 35.9 Å². The second-order valence-electron chi connectivity index (χ2n) is 2.02. The summed E-state index contributed by atoms with van der Waals surface area (Å²) >= 11 is 0. The van der Waals surface area contributed by atoms with Gasteiger partial charge in [0, 0.05) is 16.5 Å². The van der Waals surface area contributed by atoms with Crippen molar-refractivity contribution in [2.45, 2.75) is 6.16 Å². The van der Waals surface area contributed by atoms with Gasteiger partial charge in [0.15, 0.2) is 0 Å². The summed E-state index contributed by atoms with van der Waals surface area (Å²) in [6.07, 6.45) is 1.24. The van der Waals surface area contributed by atoms with Crippen LogP contribution in [0.25, 0.3) is 0 Å². The molecule has 1 unspecified atom stereocenters. The molecule has 10 heavy (non-hydrogen) atoms. The van der Waals surface area contributed by atoms with E-state index in [0.717, 1.165) is 8.58 Å². The largest absolute Gasteiger partial charge is 0.121 e. The van der Waals surface area contributed by atoms with Crippen LogP contribution in [0.15, 0.2) is 30.3 Å². The molecule has 0 aliphatic heterocycles. The molecule has 0 amide bonds. The van der Waals surface area contributed by atoms with Gasteiger partial charge in [-0.2, -0.15) is 0 Å². The van der Waals surface area contributed by atoms with Gasteiger partial charge < -0.3 is 0 Å². The van der Waals surface area contributed by atoms with Crippen LogP contribution in [0.1, 0.15) is 5.56 Å². The molecule has 0 radical (unpaired) electrons. The number of hydrogen-bond acceptors (Lipinski definition) is 0. The second kappa shape index (κ2) is 5.89.